The number of nitrogens with zero attached hydrogens (tertiary/aromatic N) is 1. The maximum Gasteiger partial charge on any atom is 0.185 e. The van der Waals surface area contributed by atoms with Gasteiger partial charge in [-0.25, -0.2) is 0 Å². The van der Waals surface area contributed by atoms with E-state index in [4.69, 9.17) is 9.47 Å². The number of hydrogen-bond donors (Lipinski definition) is 0. The molecule has 32 heavy (non-hydrogen) atoms. The minimum atomic E-state index is -3.13. The lowest BCUT2D eigenvalue weighted by molar-refractivity contribution is 0.462. The summed E-state index contributed by atoms with van der Waals surface area (Å²) in [5.41, 5.74) is 2.79. The van der Waals surface area contributed by atoms with Crippen LogP contribution in [-0.4, -0.2) is 4.98 Å². The molecule has 0 spiro atoms. The first-order valence-electron chi connectivity index (χ1n) is 10.4. The molecule has 7 rings (SSSR count). The maximum atomic E-state index is 14.8. The van der Waals surface area contributed by atoms with Crippen LogP contribution in [0.25, 0.3) is 22.0 Å². The molecular formula is C27H16NO3P. The van der Waals surface area contributed by atoms with Crippen LogP contribution in [0.1, 0.15) is 0 Å². The van der Waals surface area contributed by atoms with Gasteiger partial charge in [-0.15, -0.1) is 0 Å². The molecule has 3 heterocycles. The fraction of sp³-hybridized carbons (Fsp3) is 0. The zero-order valence-corrected chi connectivity index (χ0v) is 17.8. The van der Waals surface area contributed by atoms with Crippen LogP contribution < -0.4 is 25.4 Å². The van der Waals surface area contributed by atoms with Gasteiger partial charge in [0.2, 0.25) is 0 Å². The Kier molecular flexibility index (Phi) is 3.51. The maximum absolute atomic E-state index is 14.8. The van der Waals surface area contributed by atoms with E-state index in [1.165, 1.54) is 0 Å². The second kappa shape index (κ2) is 6.32. The molecule has 5 heteroatoms. The molecular weight excluding hydrogens is 417 g/mol. The lowest BCUT2D eigenvalue weighted by Gasteiger charge is -2.34. The van der Waals surface area contributed by atoms with E-state index in [2.05, 4.69) is 11.1 Å². The van der Waals surface area contributed by atoms with Crippen molar-refractivity contribution in [2.45, 2.75) is 0 Å². The Morgan fingerprint density at radius 3 is 1.91 bits per heavy atom. The van der Waals surface area contributed by atoms with Gasteiger partial charge in [0.05, 0.1) is 16.1 Å². The molecule has 5 aromatic rings. The molecule has 0 fully saturated rings. The van der Waals surface area contributed by atoms with E-state index in [0.717, 1.165) is 22.0 Å². The Balaban J connectivity index is 1.51. The third-order valence-electron chi connectivity index (χ3n) is 6.13. The average Bonchev–Trinajstić information content (AvgIpc) is 2.84. The van der Waals surface area contributed by atoms with Crippen LogP contribution >= 0.6 is 7.14 Å². The van der Waals surface area contributed by atoms with Crippen molar-refractivity contribution in [2.24, 2.45) is 0 Å². The topological polar surface area (TPSA) is 48.4 Å². The molecule has 0 saturated heterocycles. The SMILES string of the molecule is O=P12c3ccccc3Oc3cc(-c4cnc5ccccc5c4)cc(c31)Oc1ccccc12. The van der Waals surface area contributed by atoms with Crippen molar-refractivity contribution >= 4 is 34.0 Å². The van der Waals surface area contributed by atoms with Crippen LogP contribution in [0, 0.1) is 0 Å². The first-order valence-corrected chi connectivity index (χ1v) is 12.1. The van der Waals surface area contributed by atoms with Crippen molar-refractivity contribution in [1.82, 2.24) is 4.98 Å². The van der Waals surface area contributed by atoms with Crippen LogP contribution in [-0.2, 0) is 4.57 Å². The van der Waals surface area contributed by atoms with Gasteiger partial charge in [-0.1, -0.05) is 42.5 Å². The first kappa shape index (κ1) is 17.8. The molecule has 4 aromatic carbocycles. The molecule has 152 valence electrons. The Morgan fingerprint density at radius 2 is 1.22 bits per heavy atom. The fourth-order valence-electron chi connectivity index (χ4n) is 4.66. The minimum absolute atomic E-state index is 0.571. The molecule has 0 amide bonds. The number of para-hydroxylation sites is 3. The molecule has 0 unspecified atom stereocenters. The Morgan fingerprint density at radius 1 is 0.625 bits per heavy atom. The summed E-state index contributed by atoms with van der Waals surface area (Å²) >= 11 is 0. The van der Waals surface area contributed by atoms with E-state index >= 15 is 0 Å². The highest BCUT2D eigenvalue weighted by molar-refractivity contribution is 7.86. The largest absolute Gasteiger partial charge is 0.456 e. The van der Waals surface area contributed by atoms with Crippen molar-refractivity contribution in [3.63, 3.8) is 0 Å². The van der Waals surface area contributed by atoms with Crippen molar-refractivity contribution in [1.29, 1.82) is 0 Å². The summed E-state index contributed by atoms with van der Waals surface area (Å²) in [7, 11) is -3.13. The fourth-order valence-corrected chi connectivity index (χ4v) is 7.69. The highest BCUT2D eigenvalue weighted by atomic mass is 31.2. The first-order chi connectivity index (χ1) is 15.7. The van der Waals surface area contributed by atoms with Crippen LogP contribution in [0.2, 0.25) is 0 Å². The molecule has 0 bridgehead atoms. The zero-order valence-electron chi connectivity index (χ0n) is 16.9. The number of hydrogen-bond acceptors (Lipinski definition) is 4. The van der Waals surface area contributed by atoms with Gasteiger partial charge < -0.3 is 14.0 Å². The summed E-state index contributed by atoms with van der Waals surface area (Å²) in [6.07, 6.45) is 1.85. The summed E-state index contributed by atoms with van der Waals surface area (Å²) in [4.78, 5) is 4.60. The number of pyridine rings is 1. The molecule has 0 radical (unpaired) electrons. The monoisotopic (exact) mass is 433 g/mol. The summed E-state index contributed by atoms with van der Waals surface area (Å²) < 4.78 is 27.4. The van der Waals surface area contributed by atoms with Gasteiger partial charge >= 0.3 is 0 Å². The molecule has 4 nitrogen and oxygen atoms in total. The van der Waals surface area contributed by atoms with Crippen LogP contribution in [0.15, 0.2) is 97.2 Å². The van der Waals surface area contributed by atoms with Gasteiger partial charge in [0.15, 0.2) is 7.14 Å². The van der Waals surface area contributed by atoms with E-state index < -0.39 is 7.14 Å². The summed E-state index contributed by atoms with van der Waals surface area (Å²) in [5, 5.41) is 3.11. The second-order valence-electron chi connectivity index (χ2n) is 7.99. The third-order valence-corrected chi connectivity index (χ3v) is 9.29. The van der Waals surface area contributed by atoms with Crippen molar-refractivity contribution in [3.05, 3.63) is 97.2 Å². The van der Waals surface area contributed by atoms with E-state index in [1.54, 1.807) is 0 Å². The average molecular weight is 433 g/mol. The predicted octanol–water partition coefficient (Wildman–Crippen LogP) is 5.75. The Labute approximate surface area is 184 Å². The van der Waals surface area contributed by atoms with Gasteiger partial charge in [-0.2, -0.15) is 0 Å². The summed E-state index contributed by atoms with van der Waals surface area (Å²) in [6, 6.07) is 29.2. The number of benzene rings is 4. The minimum Gasteiger partial charge on any atom is -0.456 e. The molecule has 0 N–H and O–H groups in total. The van der Waals surface area contributed by atoms with Gasteiger partial charge in [0.25, 0.3) is 0 Å². The second-order valence-corrected chi connectivity index (χ2v) is 10.6. The zero-order chi connectivity index (χ0) is 21.3. The van der Waals surface area contributed by atoms with Gasteiger partial charge in [-0.3, -0.25) is 4.98 Å². The van der Waals surface area contributed by atoms with E-state index in [9.17, 15) is 4.57 Å². The molecule has 0 saturated carbocycles. The number of ether oxygens (including phenoxy) is 2. The molecule has 0 aliphatic carbocycles. The molecule has 2 aliphatic rings. The third kappa shape index (κ3) is 2.33. The quantitative estimate of drug-likeness (QED) is 0.309. The highest BCUT2D eigenvalue weighted by Gasteiger charge is 2.46. The summed E-state index contributed by atoms with van der Waals surface area (Å²) in [6.45, 7) is 0. The number of aromatic nitrogens is 1. The lowest BCUT2D eigenvalue weighted by atomic mass is 10.0. The highest BCUT2D eigenvalue weighted by Crippen LogP contribution is 2.58. The molecule has 2 aliphatic heterocycles. The van der Waals surface area contributed by atoms with Crippen molar-refractivity contribution in [2.75, 3.05) is 0 Å². The van der Waals surface area contributed by atoms with Gasteiger partial charge in [-0.05, 0) is 54.1 Å². The summed E-state index contributed by atoms with van der Waals surface area (Å²) in [5.74, 6) is 2.39. The van der Waals surface area contributed by atoms with E-state index in [-0.39, 0.29) is 0 Å². The van der Waals surface area contributed by atoms with Crippen LogP contribution in [0.5, 0.6) is 23.0 Å². The Bertz CT molecular complexity index is 1550. The standard InChI is InChI=1S/C27H16NO3P/c29-32-25-11-5-3-9-21(25)30-23-14-18(19-13-17-7-1-2-8-20(17)28-16-19)15-24(27(23)32)31-22-10-4-6-12-26(22)32/h1-16H. The van der Waals surface area contributed by atoms with Crippen LogP contribution in [0.3, 0.4) is 0 Å². The number of rotatable bonds is 1. The predicted molar refractivity (Wildman–Crippen MR) is 127 cm³/mol. The Hall–Kier alpha value is -3.88. The normalized spacial score (nSPS) is 14.5. The smallest absolute Gasteiger partial charge is 0.185 e. The van der Waals surface area contributed by atoms with Crippen molar-refractivity contribution in [3.8, 4) is 34.1 Å². The van der Waals surface area contributed by atoms with E-state index in [1.807, 2.05) is 91.1 Å². The lowest BCUT2D eigenvalue weighted by Crippen LogP contribution is -2.35. The molecule has 0 atom stereocenters. The van der Waals surface area contributed by atoms with E-state index in [0.29, 0.717) is 38.9 Å². The van der Waals surface area contributed by atoms with Gasteiger partial charge in [0.1, 0.15) is 28.3 Å². The number of fused-ring (bicyclic) bond motifs is 5. The van der Waals surface area contributed by atoms with Crippen molar-refractivity contribution < 1.29 is 14.0 Å². The van der Waals surface area contributed by atoms with Gasteiger partial charge in [0, 0.05) is 17.1 Å². The van der Waals surface area contributed by atoms with Crippen LogP contribution in [0.4, 0.5) is 0 Å². The molecule has 1 aromatic heterocycles.